The third kappa shape index (κ3) is 4.59. The number of aromatic nitrogens is 2. The van der Waals surface area contributed by atoms with Crippen molar-refractivity contribution < 1.29 is 5.11 Å². The zero-order chi connectivity index (χ0) is 15.1. The highest BCUT2D eigenvalue weighted by atomic mass is 32.1. The zero-order valence-corrected chi connectivity index (χ0v) is 13.4. The average molecular weight is 305 g/mol. The molecule has 0 spiro atoms. The van der Waals surface area contributed by atoms with E-state index in [9.17, 15) is 5.11 Å². The number of aliphatic hydroxyl groups excluding tert-OH is 1. The van der Waals surface area contributed by atoms with Gasteiger partial charge >= 0.3 is 0 Å². The molecule has 0 aliphatic heterocycles. The molecule has 1 atom stereocenters. The highest BCUT2D eigenvalue weighted by molar-refractivity contribution is 7.13. The van der Waals surface area contributed by atoms with E-state index in [4.69, 9.17) is 0 Å². The van der Waals surface area contributed by atoms with E-state index in [-0.39, 0.29) is 6.10 Å². The van der Waals surface area contributed by atoms with E-state index in [1.807, 2.05) is 23.6 Å². The van der Waals surface area contributed by atoms with Crippen LogP contribution in [0, 0.1) is 5.92 Å². The molecular formula is C16H23N3OS. The normalized spacial score (nSPS) is 12.8. The molecule has 0 radical (unpaired) electrons. The molecule has 0 amide bonds. The fraction of sp³-hybridized carbons (Fsp3) is 0.500. The first-order valence-electron chi connectivity index (χ1n) is 7.49. The molecule has 21 heavy (non-hydrogen) atoms. The second-order valence-electron chi connectivity index (χ2n) is 5.13. The minimum atomic E-state index is -0.283. The number of hydrogen-bond donors (Lipinski definition) is 2. The van der Waals surface area contributed by atoms with Crippen LogP contribution in [0.2, 0.25) is 0 Å². The van der Waals surface area contributed by atoms with Gasteiger partial charge in [0.15, 0.2) is 0 Å². The van der Waals surface area contributed by atoms with Crippen LogP contribution in [0.15, 0.2) is 29.8 Å². The third-order valence-electron chi connectivity index (χ3n) is 3.69. The fourth-order valence-electron chi connectivity index (χ4n) is 2.34. The average Bonchev–Trinajstić information content (AvgIpc) is 2.98. The maximum absolute atomic E-state index is 10.1. The minimum absolute atomic E-state index is 0.283. The first kappa shape index (κ1) is 16.1. The first-order valence-corrected chi connectivity index (χ1v) is 8.37. The molecule has 0 saturated heterocycles. The van der Waals surface area contributed by atoms with E-state index in [0.29, 0.717) is 19.0 Å². The van der Waals surface area contributed by atoms with Crippen molar-refractivity contribution in [1.82, 2.24) is 15.3 Å². The molecule has 2 aromatic heterocycles. The van der Waals surface area contributed by atoms with Crippen molar-refractivity contribution >= 4 is 11.3 Å². The van der Waals surface area contributed by atoms with Gasteiger partial charge in [0.1, 0.15) is 5.01 Å². The van der Waals surface area contributed by atoms with Crippen molar-refractivity contribution in [3.63, 3.8) is 0 Å². The van der Waals surface area contributed by atoms with E-state index < -0.39 is 0 Å². The van der Waals surface area contributed by atoms with E-state index in [2.05, 4.69) is 29.1 Å². The Balaban J connectivity index is 1.84. The van der Waals surface area contributed by atoms with E-state index in [1.54, 1.807) is 17.5 Å². The summed E-state index contributed by atoms with van der Waals surface area (Å²) in [5.74, 6) is 0.372. The topological polar surface area (TPSA) is 58.0 Å². The van der Waals surface area contributed by atoms with Crippen molar-refractivity contribution in [3.8, 4) is 10.7 Å². The van der Waals surface area contributed by atoms with Gasteiger partial charge in [0.25, 0.3) is 0 Å². The van der Waals surface area contributed by atoms with Crippen LogP contribution in [0.1, 0.15) is 32.4 Å². The predicted octanol–water partition coefficient (Wildman–Crippen LogP) is 3.09. The molecule has 2 aromatic rings. The second-order valence-corrected chi connectivity index (χ2v) is 5.99. The predicted molar refractivity (Wildman–Crippen MR) is 87.1 cm³/mol. The Morgan fingerprint density at radius 3 is 2.76 bits per heavy atom. The van der Waals surface area contributed by atoms with Crippen LogP contribution >= 0.6 is 11.3 Å². The molecule has 0 aliphatic rings. The minimum Gasteiger partial charge on any atom is -0.392 e. The quantitative estimate of drug-likeness (QED) is 0.787. The largest absolute Gasteiger partial charge is 0.392 e. The SMILES string of the molecule is CCC(CC)C(O)CNCc1csc(-c2ccccn2)n1. The summed E-state index contributed by atoms with van der Waals surface area (Å²) in [6.45, 7) is 5.54. The zero-order valence-electron chi connectivity index (χ0n) is 12.6. The summed E-state index contributed by atoms with van der Waals surface area (Å²) >= 11 is 1.60. The van der Waals surface area contributed by atoms with Crippen LogP contribution in [0.5, 0.6) is 0 Å². The summed E-state index contributed by atoms with van der Waals surface area (Å²) in [4.78, 5) is 8.88. The lowest BCUT2D eigenvalue weighted by Gasteiger charge is -2.20. The fourth-order valence-corrected chi connectivity index (χ4v) is 3.14. The highest BCUT2D eigenvalue weighted by Gasteiger charge is 2.15. The van der Waals surface area contributed by atoms with E-state index >= 15 is 0 Å². The summed E-state index contributed by atoms with van der Waals surface area (Å²) in [6.07, 6.45) is 3.52. The standard InChI is InChI=1S/C16H23N3OS/c1-3-12(4-2)15(20)10-17-9-13-11-21-16(19-13)14-7-5-6-8-18-14/h5-8,11-12,15,17,20H,3-4,9-10H2,1-2H3. The van der Waals surface area contributed by atoms with Crippen LogP contribution in [0.25, 0.3) is 10.7 Å². The Morgan fingerprint density at radius 1 is 1.29 bits per heavy atom. The van der Waals surface area contributed by atoms with Gasteiger partial charge in [-0.15, -0.1) is 11.3 Å². The number of pyridine rings is 1. The molecule has 114 valence electrons. The molecular weight excluding hydrogens is 282 g/mol. The Hall–Kier alpha value is -1.30. The van der Waals surface area contributed by atoms with Gasteiger partial charge in [-0.1, -0.05) is 32.8 Å². The molecule has 1 unspecified atom stereocenters. The van der Waals surface area contributed by atoms with Gasteiger partial charge in [-0.3, -0.25) is 4.98 Å². The van der Waals surface area contributed by atoms with Crippen LogP contribution < -0.4 is 5.32 Å². The smallest absolute Gasteiger partial charge is 0.142 e. The number of hydrogen-bond acceptors (Lipinski definition) is 5. The molecule has 0 saturated carbocycles. The lowest BCUT2D eigenvalue weighted by atomic mass is 9.96. The molecule has 4 nitrogen and oxygen atoms in total. The summed E-state index contributed by atoms with van der Waals surface area (Å²) in [5.41, 5.74) is 1.91. The first-order chi connectivity index (χ1) is 10.2. The van der Waals surface area contributed by atoms with Gasteiger partial charge in [-0.25, -0.2) is 4.98 Å². The molecule has 0 bridgehead atoms. The van der Waals surface area contributed by atoms with Gasteiger partial charge in [0.05, 0.1) is 17.5 Å². The second kappa shape index (κ2) is 8.22. The number of thiazole rings is 1. The summed E-state index contributed by atoms with van der Waals surface area (Å²) < 4.78 is 0. The number of nitrogens with one attached hydrogen (secondary N) is 1. The van der Waals surface area contributed by atoms with Crippen molar-refractivity contribution in [3.05, 3.63) is 35.5 Å². The Morgan fingerprint density at radius 2 is 2.10 bits per heavy atom. The van der Waals surface area contributed by atoms with Gasteiger partial charge < -0.3 is 10.4 Å². The van der Waals surface area contributed by atoms with Gasteiger partial charge in [0, 0.05) is 24.7 Å². The number of aliphatic hydroxyl groups is 1. The van der Waals surface area contributed by atoms with Gasteiger partial charge in [0.2, 0.25) is 0 Å². The lowest BCUT2D eigenvalue weighted by molar-refractivity contribution is 0.101. The third-order valence-corrected chi connectivity index (χ3v) is 4.60. The summed E-state index contributed by atoms with van der Waals surface area (Å²) in [7, 11) is 0. The highest BCUT2D eigenvalue weighted by Crippen LogP contribution is 2.21. The molecule has 0 aliphatic carbocycles. The van der Waals surface area contributed by atoms with Crippen LogP contribution in [-0.2, 0) is 6.54 Å². The van der Waals surface area contributed by atoms with Crippen LogP contribution in [0.4, 0.5) is 0 Å². The Kier molecular flexibility index (Phi) is 6.29. The molecule has 5 heteroatoms. The summed E-state index contributed by atoms with van der Waals surface area (Å²) in [6, 6.07) is 5.83. The van der Waals surface area contributed by atoms with Crippen molar-refractivity contribution in [2.24, 2.45) is 5.92 Å². The molecule has 2 rings (SSSR count). The summed E-state index contributed by atoms with van der Waals surface area (Å²) in [5, 5.41) is 16.3. The van der Waals surface area contributed by atoms with E-state index in [0.717, 1.165) is 29.2 Å². The van der Waals surface area contributed by atoms with Crippen molar-refractivity contribution in [1.29, 1.82) is 0 Å². The number of rotatable bonds is 8. The van der Waals surface area contributed by atoms with Gasteiger partial charge in [-0.2, -0.15) is 0 Å². The van der Waals surface area contributed by atoms with Crippen LogP contribution in [-0.4, -0.2) is 27.7 Å². The van der Waals surface area contributed by atoms with Crippen molar-refractivity contribution in [2.75, 3.05) is 6.54 Å². The van der Waals surface area contributed by atoms with Crippen LogP contribution in [0.3, 0.4) is 0 Å². The van der Waals surface area contributed by atoms with E-state index in [1.165, 1.54) is 0 Å². The maximum atomic E-state index is 10.1. The lowest BCUT2D eigenvalue weighted by Crippen LogP contribution is -2.32. The molecule has 2 N–H and O–H groups in total. The van der Waals surface area contributed by atoms with Gasteiger partial charge in [-0.05, 0) is 18.1 Å². The molecule has 2 heterocycles. The van der Waals surface area contributed by atoms with Crippen molar-refractivity contribution in [2.45, 2.75) is 39.3 Å². The monoisotopic (exact) mass is 305 g/mol. The number of nitrogens with zero attached hydrogens (tertiary/aromatic N) is 2. The Bertz CT molecular complexity index is 525. The molecule has 0 fully saturated rings. The molecule has 0 aromatic carbocycles. The Labute approximate surface area is 130 Å². The maximum Gasteiger partial charge on any atom is 0.142 e.